The Labute approximate surface area is 116 Å². The van der Waals surface area contributed by atoms with Gasteiger partial charge in [-0.05, 0) is 30.5 Å². The van der Waals surface area contributed by atoms with E-state index in [1.54, 1.807) is 0 Å². The summed E-state index contributed by atoms with van der Waals surface area (Å²) in [6, 6.07) is 4.79. The molecule has 0 spiro atoms. The van der Waals surface area contributed by atoms with Crippen LogP contribution in [0.15, 0.2) is 24.5 Å². The first-order chi connectivity index (χ1) is 9.33. The van der Waals surface area contributed by atoms with Gasteiger partial charge < -0.3 is 10.6 Å². The highest BCUT2D eigenvalue weighted by Crippen LogP contribution is 2.09. The predicted molar refractivity (Wildman–Crippen MR) is 79.1 cm³/mol. The van der Waals surface area contributed by atoms with Crippen LogP contribution in [0.2, 0.25) is 0 Å². The molecule has 4 heteroatoms. The summed E-state index contributed by atoms with van der Waals surface area (Å²) >= 11 is 0. The Hall–Kier alpha value is -0.970. The fraction of sp³-hybridized carbons (Fsp3) is 0.667. The minimum Gasteiger partial charge on any atom is -0.329 e. The highest BCUT2D eigenvalue weighted by Gasteiger charge is 2.21. The van der Waals surface area contributed by atoms with Gasteiger partial charge in [-0.1, -0.05) is 6.92 Å². The van der Waals surface area contributed by atoms with Crippen LogP contribution in [0.3, 0.4) is 0 Å². The third-order valence-electron chi connectivity index (χ3n) is 4.13. The molecule has 1 saturated heterocycles. The molecule has 1 aromatic heterocycles. The third-order valence-corrected chi connectivity index (χ3v) is 4.13. The standard InChI is InChI=1S/C15H26N4/c1-2-15(13-16)19-11-9-18(10-12-19)8-5-14-3-6-17-7-4-14/h3-4,6-7,15H,2,5,8-13,16H2,1H3. The second-order valence-electron chi connectivity index (χ2n) is 5.28. The van der Waals surface area contributed by atoms with Crippen LogP contribution in [0, 0.1) is 0 Å². The van der Waals surface area contributed by atoms with Gasteiger partial charge in [0, 0.05) is 57.7 Å². The maximum absolute atomic E-state index is 5.82. The highest BCUT2D eigenvalue weighted by atomic mass is 15.3. The Morgan fingerprint density at radius 3 is 2.47 bits per heavy atom. The number of nitrogens with two attached hydrogens (primary N) is 1. The molecule has 1 aliphatic rings. The van der Waals surface area contributed by atoms with Crippen LogP contribution in [-0.4, -0.2) is 60.1 Å². The van der Waals surface area contributed by atoms with Crippen LogP contribution in [0.5, 0.6) is 0 Å². The van der Waals surface area contributed by atoms with E-state index in [0.29, 0.717) is 6.04 Å². The van der Waals surface area contributed by atoms with Crippen LogP contribution in [0.1, 0.15) is 18.9 Å². The zero-order chi connectivity index (χ0) is 13.5. The van der Waals surface area contributed by atoms with Gasteiger partial charge in [0.2, 0.25) is 0 Å². The number of hydrogen-bond donors (Lipinski definition) is 1. The van der Waals surface area contributed by atoms with Gasteiger partial charge in [-0.2, -0.15) is 0 Å². The Bertz CT molecular complexity index is 342. The highest BCUT2D eigenvalue weighted by molar-refractivity contribution is 5.09. The van der Waals surface area contributed by atoms with E-state index in [9.17, 15) is 0 Å². The summed E-state index contributed by atoms with van der Waals surface area (Å²) < 4.78 is 0. The second-order valence-corrected chi connectivity index (χ2v) is 5.28. The fourth-order valence-corrected chi connectivity index (χ4v) is 2.76. The van der Waals surface area contributed by atoms with Crippen LogP contribution in [0.25, 0.3) is 0 Å². The Balaban J connectivity index is 1.72. The van der Waals surface area contributed by atoms with E-state index >= 15 is 0 Å². The maximum Gasteiger partial charge on any atom is 0.0270 e. The molecule has 4 nitrogen and oxygen atoms in total. The van der Waals surface area contributed by atoms with Gasteiger partial charge in [-0.3, -0.25) is 9.88 Å². The van der Waals surface area contributed by atoms with Crippen molar-refractivity contribution in [1.82, 2.24) is 14.8 Å². The largest absolute Gasteiger partial charge is 0.329 e. The Morgan fingerprint density at radius 1 is 1.21 bits per heavy atom. The zero-order valence-electron chi connectivity index (χ0n) is 12.0. The van der Waals surface area contributed by atoms with E-state index in [1.165, 1.54) is 18.7 Å². The van der Waals surface area contributed by atoms with E-state index in [2.05, 4.69) is 33.8 Å². The van der Waals surface area contributed by atoms with Gasteiger partial charge in [0.25, 0.3) is 0 Å². The summed E-state index contributed by atoms with van der Waals surface area (Å²) in [7, 11) is 0. The van der Waals surface area contributed by atoms with E-state index in [-0.39, 0.29) is 0 Å². The van der Waals surface area contributed by atoms with Crippen molar-refractivity contribution in [2.45, 2.75) is 25.8 Å². The van der Waals surface area contributed by atoms with E-state index in [4.69, 9.17) is 5.73 Å². The van der Waals surface area contributed by atoms with E-state index in [0.717, 1.165) is 39.0 Å². The Kier molecular flexibility index (Phi) is 5.76. The first-order valence-electron chi connectivity index (χ1n) is 7.39. The zero-order valence-corrected chi connectivity index (χ0v) is 12.0. The Morgan fingerprint density at radius 2 is 1.89 bits per heavy atom. The average molecular weight is 262 g/mol. The first-order valence-corrected chi connectivity index (χ1v) is 7.39. The number of aromatic nitrogens is 1. The van der Waals surface area contributed by atoms with Crippen LogP contribution in [0.4, 0.5) is 0 Å². The lowest BCUT2D eigenvalue weighted by Crippen LogP contribution is -2.52. The minimum atomic E-state index is 0.572. The molecular formula is C15H26N4. The molecule has 19 heavy (non-hydrogen) atoms. The third kappa shape index (κ3) is 4.27. The molecule has 2 heterocycles. The van der Waals surface area contributed by atoms with Crippen LogP contribution in [-0.2, 0) is 6.42 Å². The van der Waals surface area contributed by atoms with Crippen molar-refractivity contribution in [3.05, 3.63) is 30.1 Å². The van der Waals surface area contributed by atoms with Gasteiger partial charge in [0.05, 0.1) is 0 Å². The molecule has 2 rings (SSSR count). The summed E-state index contributed by atoms with van der Waals surface area (Å²) in [5, 5.41) is 0. The quantitative estimate of drug-likeness (QED) is 0.830. The SMILES string of the molecule is CCC(CN)N1CCN(CCc2ccncc2)CC1. The van der Waals surface area contributed by atoms with Gasteiger partial charge in [0.15, 0.2) is 0 Å². The molecule has 1 atom stereocenters. The van der Waals surface area contributed by atoms with E-state index in [1.807, 2.05) is 12.4 Å². The molecular weight excluding hydrogens is 236 g/mol. The molecule has 1 unspecified atom stereocenters. The lowest BCUT2D eigenvalue weighted by molar-refractivity contribution is 0.0975. The number of hydrogen-bond acceptors (Lipinski definition) is 4. The van der Waals surface area contributed by atoms with Crippen molar-refractivity contribution in [2.75, 3.05) is 39.3 Å². The average Bonchev–Trinajstić information content (AvgIpc) is 2.49. The lowest BCUT2D eigenvalue weighted by atomic mass is 10.1. The molecule has 0 radical (unpaired) electrons. The van der Waals surface area contributed by atoms with Crippen molar-refractivity contribution in [1.29, 1.82) is 0 Å². The van der Waals surface area contributed by atoms with Crippen LogP contribution < -0.4 is 5.73 Å². The molecule has 1 aliphatic heterocycles. The second kappa shape index (κ2) is 7.58. The smallest absolute Gasteiger partial charge is 0.0270 e. The van der Waals surface area contributed by atoms with Crippen molar-refractivity contribution in [2.24, 2.45) is 5.73 Å². The molecule has 0 aromatic carbocycles. The topological polar surface area (TPSA) is 45.4 Å². The summed E-state index contributed by atoms with van der Waals surface area (Å²) in [6.07, 6.45) is 6.03. The number of nitrogens with zero attached hydrogens (tertiary/aromatic N) is 3. The maximum atomic E-state index is 5.82. The van der Waals surface area contributed by atoms with E-state index < -0.39 is 0 Å². The molecule has 0 saturated carbocycles. The number of rotatable bonds is 6. The van der Waals surface area contributed by atoms with Gasteiger partial charge >= 0.3 is 0 Å². The van der Waals surface area contributed by atoms with Crippen molar-refractivity contribution in [3.8, 4) is 0 Å². The lowest BCUT2D eigenvalue weighted by Gasteiger charge is -2.38. The van der Waals surface area contributed by atoms with Crippen molar-refractivity contribution < 1.29 is 0 Å². The fourth-order valence-electron chi connectivity index (χ4n) is 2.76. The summed E-state index contributed by atoms with van der Waals surface area (Å²) in [6.45, 7) is 8.82. The van der Waals surface area contributed by atoms with Gasteiger partial charge in [-0.15, -0.1) is 0 Å². The number of piperazine rings is 1. The van der Waals surface area contributed by atoms with Crippen LogP contribution >= 0.6 is 0 Å². The van der Waals surface area contributed by atoms with Gasteiger partial charge in [-0.25, -0.2) is 0 Å². The van der Waals surface area contributed by atoms with Gasteiger partial charge in [0.1, 0.15) is 0 Å². The first kappa shape index (κ1) is 14.4. The number of pyridine rings is 1. The minimum absolute atomic E-state index is 0.572. The molecule has 106 valence electrons. The molecule has 0 bridgehead atoms. The molecule has 2 N–H and O–H groups in total. The molecule has 1 aromatic rings. The predicted octanol–water partition coefficient (Wildman–Crippen LogP) is 0.979. The summed E-state index contributed by atoms with van der Waals surface area (Å²) in [4.78, 5) is 9.16. The summed E-state index contributed by atoms with van der Waals surface area (Å²) in [5.41, 5.74) is 7.20. The molecule has 1 fully saturated rings. The molecule has 0 aliphatic carbocycles. The van der Waals surface area contributed by atoms with Crippen molar-refractivity contribution in [3.63, 3.8) is 0 Å². The monoisotopic (exact) mass is 262 g/mol. The normalized spacial score (nSPS) is 19.5. The summed E-state index contributed by atoms with van der Waals surface area (Å²) in [5.74, 6) is 0. The van der Waals surface area contributed by atoms with Crippen molar-refractivity contribution >= 4 is 0 Å². The molecule has 0 amide bonds.